The lowest BCUT2D eigenvalue weighted by molar-refractivity contribution is 0.627. The van der Waals surface area contributed by atoms with Crippen molar-refractivity contribution in [3.8, 4) is 11.4 Å². The van der Waals surface area contributed by atoms with E-state index in [-0.39, 0.29) is 5.82 Å². The van der Waals surface area contributed by atoms with Crippen LogP contribution in [0.3, 0.4) is 0 Å². The van der Waals surface area contributed by atoms with E-state index in [9.17, 15) is 4.39 Å². The van der Waals surface area contributed by atoms with E-state index in [1.165, 1.54) is 12.1 Å². The average molecular weight is 335 g/mol. The zero-order chi connectivity index (χ0) is 17.4. The van der Waals surface area contributed by atoms with Gasteiger partial charge in [-0.05, 0) is 37.1 Å². The van der Waals surface area contributed by atoms with Crippen LogP contribution >= 0.6 is 0 Å². The molecule has 1 aromatic carbocycles. The van der Waals surface area contributed by atoms with Crippen molar-refractivity contribution < 1.29 is 4.39 Å². The molecule has 0 aliphatic heterocycles. The number of imidazole rings is 2. The van der Waals surface area contributed by atoms with Crippen molar-refractivity contribution >= 4 is 5.78 Å². The summed E-state index contributed by atoms with van der Waals surface area (Å²) in [7, 11) is 0. The number of halogens is 1. The Labute approximate surface area is 144 Å². The molecule has 0 unspecified atom stereocenters. The molecule has 0 radical (unpaired) electrons. The molecule has 0 saturated carbocycles. The van der Waals surface area contributed by atoms with Gasteiger partial charge in [-0.25, -0.2) is 19.3 Å². The lowest BCUT2D eigenvalue weighted by atomic mass is 10.1. The van der Waals surface area contributed by atoms with Crippen LogP contribution in [0.4, 0.5) is 4.39 Å². The van der Waals surface area contributed by atoms with Gasteiger partial charge >= 0.3 is 0 Å². The summed E-state index contributed by atoms with van der Waals surface area (Å²) < 4.78 is 17.7. The second-order valence-electron chi connectivity index (χ2n) is 5.99. The Hall–Kier alpha value is -3.02. The van der Waals surface area contributed by atoms with Crippen LogP contribution in [0.2, 0.25) is 0 Å². The lowest BCUT2D eigenvalue weighted by Crippen LogP contribution is -2.05. The highest BCUT2D eigenvalue weighted by molar-refractivity contribution is 5.60. The fourth-order valence-electron chi connectivity index (χ4n) is 3.16. The molecule has 0 saturated heterocycles. The standard InChI is InChI=1S/C19H18FN5/c1-3-17-16(23-19-22-7-4-9-25(17)19)12-24-10-8-21-18(24)15-11-14(20)6-5-13(15)2/h4-11H,3,12H2,1-2H3. The first-order valence-corrected chi connectivity index (χ1v) is 8.26. The van der Waals surface area contributed by atoms with Crippen molar-refractivity contribution in [2.75, 3.05) is 0 Å². The fourth-order valence-corrected chi connectivity index (χ4v) is 3.16. The number of nitrogens with zero attached hydrogens (tertiary/aromatic N) is 5. The van der Waals surface area contributed by atoms with Gasteiger partial charge in [-0.1, -0.05) is 13.0 Å². The SMILES string of the molecule is CCc1c(Cn2ccnc2-c2cc(F)ccc2C)nc2ncccn12. The van der Waals surface area contributed by atoms with Gasteiger partial charge in [-0.15, -0.1) is 0 Å². The van der Waals surface area contributed by atoms with Crippen LogP contribution in [0.25, 0.3) is 17.2 Å². The fraction of sp³-hybridized carbons (Fsp3) is 0.211. The van der Waals surface area contributed by atoms with E-state index in [1.54, 1.807) is 18.5 Å². The zero-order valence-electron chi connectivity index (χ0n) is 14.1. The van der Waals surface area contributed by atoms with Crippen molar-refractivity contribution in [2.24, 2.45) is 0 Å². The third-order valence-electron chi connectivity index (χ3n) is 4.40. The molecule has 4 rings (SSSR count). The van der Waals surface area contributed by atoms with Crippen molar-refractivity contribution in [2.45, 2.75) is 26.8 Å². The largest absolute Gasteiger partial charge is 0.325 e. The van der Waals surface area contributed by atoms with E-state index in [4.69, 9.17) is 0 Å². The van der Waals surface area contributed by atoms with Crippen LogP contribution in [0.15, 0.2) is 49.1 Å². The number of hydrogen-bond acceptors (Lipinski definition) is 3. The Morgan fingerprint density at radius 1 is 1.12 bits per heavy atom. The average Bonchev–Trinajstić information content (AvgIpc) is 3.21. The third kappa shape index (κ3) is 2.69. The number of rotatable bonds is 4. The monoisotopic (exact) mass is 335 g/mol. The van der Waals surface area contributed by atoms with Gasteiger partial charge in [-0.3, -0.25) is 4.40 Å². The molecular formula is C19H18FN5. The summed E-state index contributed by atoms with van der Waals surface area (Å²) in [6.07, 6.45) is 8.20. The molecule has 0 amide bonds. The lowest BCUT2D eigenvalue weighted by Gasteiger charge is -2.10. The zero-order valence-corrected chi connectivity index (χ0v) is 14.1. The molecule has 5 nitrogen and oxygen atoms in total. The second-order valence-corrected chi connectivity index (χ2v) is 5.99. The number of hydrogen-bond donors (Lipinski definition) is 0. The molecule has 0 N–H and O–H groups in total. The van der Waals surface area contributed by atoms with E-state index in [0.717, 1.165) is 34.8 Å². The van der Waals surface area contributed by atoms with Gasteiger partial charge in [0.1, 0.15) is 11.6 Å². The summed E-state index contributed by atoms with van der Waals surface area (Å²) in [4.78, 5) is 13.4. The van der Waals surface area contributed by atoms with E-state index in [0.29, 0.717) is 12.3 Å². The molecule has 4 aromatic rings. The molecule has 0 bridgehead atoms. The molecule has 3 aromatic heterocycles. The third-order valence-corrected chi connectivity index (χ3v) is 4.40. The summed E-state index contributed by atoms with van der Waals surface area (Å²) in [6, 6.07) is 6.67. The molecule has 0 aliphatic carbocycles. The van der Waals surface area contributed by atoms with Crippen LogP contribution in [0.1, 0.15) is 23.9 Å². The van der Waals surface area contributed by atoms with Crippen LogP contribution in [-0.2, 0) is 13.0 Å². The summed E-state index contributed by atoms with van der Waals surface area (Å²) in [5.74, 6) is 1.17. The normalized spacial score (nSPS) is 11.3. The van der Waals surface area contributed by atoms with Crippen molar-refractivity contribution in [1.82, 2.24) is 23.9 Å². The maximum absolute atomic E-state index is 13.7. The minimum absolute atomic E-state index is 0.263. The van der Waals surface area contributed by atoms with E-state index < -0.39 is 0 Å². The first-order chi connectivity index (χ1) is 12.2. The van der Waals surface area contributed by atoms with Gasteiger partial charge in [0.25, 0.3) is 0 Å². The number of benzene rings is 1. The summed E-state index contributed by atoms with van der Waals surface area (Å²) in [5.41, 5.74) is 3.86. The summed E-state index contributed by atoms with van der Waals surface area (Å²) in [6.45, 7) is 4.63. The van der Waals surface area contributed by atoms with E-state index in [1.807, 2.05) is 34.4 Å². The highest BCUT2D eigenvalue weighted by Crippen LogP contribution is 2.24. The van der Waals surface area contributed by atoms with Crippen molar-refractivity contribution in [3.05, 3.63) is 71.8 Å². The molecule has 126 valence electrons. The molecule has 0 spiro atoms. The Bertz CT molecular complexity index is 1050. The molecule has 0 atom stereocenters. The van der Waals surface area contributed by atoms with Gasteiger partial charge in [0.05, 0.1) is 12.2 Å². The summed E-state index contributed by atoms with van der Waals surface area (Å²) in [5, 5.41) is 0. The van der Waals surface area contributed by atoms with Crippen molar-refractivity contribution in [3.63, 3.8) is 0 Å². The first-order valence-electron chi connectivity index (χ1n) is 8.26. The van der Waals surface area contributed by atoms with E-state index in [2.05, 4.69) is 21.9 Å². The smallest absolute Gasteiger partial charge is 0.234 e. The topological polar surface area (TPSA) is 48.0 Å². The Morgan fingerprint density at radius 2 is 2.00 bits per heavy atom. The maximum Gasteiger partial charge on any atom is 0.234 e. The quantitative estimate of drug-likeness (QED) is 0.572. The Morgan fingerprint density at radius 3 is 2.84 bits per heavy atom. The second kappa shape index (κ2) is 6.12. The molecular weight excluding hydrogens is 317 g/mol. The predicted molar refractivity (Wildman–Crippen MR) is 93.8 cm³/mol. The molecule has 0 aliphatic rings. The predicted octanol–water partition coefficient (Wildman–Crippen LogP) is 3.65. The number of aryl methyl sites for hydroxylation is 2. The molecule has 25 heavy (non-hydrogen) atoms. The van der Waals surface area contributed by atoms with Crippen LogP contribution < -0.4 is 0 Å². The number of aromatic nitrogens is 5. The first kappa shape index (κ1) is 15.5. The maximum atomic E-state index is 13.7. The van der Waals surface area contributed by atoms with Crippen molar-refractivity contribution in [1.29, 1.82) is 0 Å². The Kier molecular flexibility index (Phi) is 3.80. The molecule has 0 fully saturated rings. The van der Waals surface area contributed by atoms with Gasteiger partial charge in [0.15, 0.2) is 0 Å². The van der Waals surface area contributed by atoms with Gasteiger partial charge in [-0.2, -0.15) is 0 Å². The van der Waals surface area contributed by atoms with E-state index >= 15 is 0 Å². The van der Waals surface area contributed by atoms with Crippen LogP contribution in [0, 0.1) is 12.7 Å². The highest BCUT2D eigenvalue weighted by Gasteiger charge is 2.15. The molecule has 3 heterocycles. The van der Waals surface area contributed by atoms with Crippen LogP contribution in [-0.4, -0.2) is 23.9 Å². The Balaban J connectivity index is 1.79. The summed E-state index contributed by atoms with van der Waals surface area (Å²) >= 11 is 0. The van der Waals surface area contributed by atoms with Gasteiger partial charge in [0, 0.05) is 36.0 Å². The molecule has 6 heteroatoms. The highest BCUT2D eigenvalue weighted by atomic mass is 19.1. The van der Waals surface area contributed by atoms with Gasteiger partial charge in [0.2, 0.25) is 5.78 Å². The van der Waals surface area contributed by atoms with Crippen LogP contribution in [0.5, 0.6) is 0 Å². The van der Waals surface area contributed by atoms with Gasteiger partial charge < -0.3 is 4.57 Å². The minimum Gasteiger partial charge on any atom is -0.325 e. The minimum atomic E-state index is -0.263. The number of fused-ring (bicyclic) bond motifs is 1.